The second kappa shape index (κ2) is 9.84. The average molecular weight is 478 g/mol. The van der Waals surface area contributed by atoms with Crippen LogP contribution in [-0.4, -0.2) is 62.0 Å². The van der Waals surface area contributed by atoms with Gasteiger partial charge in [-0.3, -0.25) is 0 Å². The van der Waals surface area contributed by atoms with Crippen LogP contribution in [0.4, 0.5) is 0 Å². The Morgan fingerprint density at radius 3 is 2.60 bits per heavy atom. The summed E-state index contributed by atoms with van der Waals surface area (Å²) in [5.74, 6) is 0.898. The SMILES string of the molecule is Cc1noc(C)c1S(=O)(=O)NCC(O)CN1CCC(Oc2ccc(Cl)c(Cl)c2)CC1. The van der Waals surface area contributed by atoms with Crippen LogP contribution in [0, 0.1) is 13.8 Å². The molecule has 11 heteroatoms. The highest BCUT2D eigenvalue weighted by atomic mass is 35.5. The Labute approximate surface area is 186 Å². The first-order chi connectivity index (χ1) is 14.2. The van der Waals surface area contributed by atoms with Crippen molar-refractivity contribution in [1.82, 2.24) is 14.8 Å². The molecular weight excluding hydrogens is 453 g/mol. The zero-order valence-electron chi connectivity index (χ0n) is 16.8. The third-order valence-corrected chi connectivity index (χ3v) is 7.35. The second-order valence-corrected chi connectivity index (χ2v) is 9.87. The molecule has 1 fully saturated rings. The molecule has 0 bridgehead atoms. The molecule has 1 atom stereocenters. The molecule has 0 aliphatic carbocycles. The summed E-state index contributed by atoms with van der Waals surface area (Å²) in [5, 5.41) is 14.9. The van der Waals surface area contributed by atoms with E-state index in [0.717, 1.165) is 25.9 Å². The van der Waals surface area contributed by atoms with E-state index in [9.17, 15) is 13.5 Å². The van der Waals surface area contributed by atoms with Gasteiger partial charge in [0.2, 0.25) is 10.0 Å². The fraction of sp³-hybridized carbons (Fsp3) is 0.526. The number of β-amino-alcohol motifs (C(OH)–C–C–N with tert-alkyl or cyclic N) is 1. The summed E-state index contributed by atoms with van der Waals surface area (Å²) in [5.41, 5.74) is 0.290. The number of aliphatic hydroxyl groups excluding tert-OH is 1. The molecule has 1 aliphatic heterocycles. The maximum atomic E-state index is 12.4. The minimum absolute atomic E-state index is 0.0231. The Morgan fingerprint density at radius 1 is 1.30 bits per heavy atom. The van der Waals surface area contributed by atoms with Gasteiger partial charge in [-0.15, -0.1) is 0 Å². The smallest absolute Gasteiger partial charge is 0.246 e. The first-order valence-corrected chi connectivity index (χ1v) is 11.8. The van der Waals surface area contributed by atoms with E-state index in [4.69, 9.17) is 32.5 Å². The van der Waals surface area contributed by atoms with Gasteiger partial charge in [-0.2, -0.15) is 0 Å². The lowest BCUT2D eigenvalue weighted by Gasteiger charge is -2.33. The molecule has 2 N–H and O–H groups in total. The summed E-state index contributed by atoms with van der Waals surface area (Å²) in [6.07, 6.45) is 0.789. The minimum Gasteiger partial charge on any atom is -0.490 e. The van der Waals surface area contributed by atoms with Gasteiger partial charge < -0.3 is 19.3 Å². The number of piperidine rings is 1. The molecule has 166 valence electrons. The number of sulfonamides is 1. The second-order valence-electron chi connectivity index (χ2n) is 7.35. The van der Waals surface area contributed by atoms with Gasteiger partial charge in [-0.05, 0) is 38.8 Å². The number of rotatable bonds is 8. The Hall–Kier alpha value is -1.36. The number of halogens is 2. The molecule has 1 aliphatic rings. The van der Waals surface area contributed by atoms with Crippen LogP contribution in [0.2, 0.25) is 10.0 Å². The zero-order chi connectivity index (χ0) is 21.9. The Morgan fingerprint density at radius 2 is 2.00 bits per heavy atom. The summed E-state index contributed by atoms with van der Waals surface area (Å²) >= 11 is 11.9. The molecule has 1 unspecified atom stereocenters. The van der Waals surface area contributed by atoms with E-state index in [1.54, 1.807) is 25.1 Å². The van der Waals surface area contributed by atoms with E-state index in [1.165, 1.54) is 6.92 Å². The van der Waals surface area contributed by atoms with Gasteiger partial charge >= 0.3 is 0 Å². The van der Waals surface area contributed by atoms with Gasteiger partial charge in [0.05, 0.1) is 16.1 Å². The first kappa shape index (κ1) is 23.3. The van der Waals surface area contributed by atoms with Gasteiger partial charge in [-0.25, -0.2) is 13.1 Å². The topological polar surface area (TPSA) is 105 Å². The summed E-state index contributed by atoms with van der Waals surface area (Å²) < 4.78 is 38.1. The number of likely N-dealkylation sites (tertiary alicyclic amines) is 1. The van der Waals surface area contributed by atoms with Gasteiger partial charge in [0, 0.05) is 32.2 Å². The predicted octanol–water partition coefficient (Wildman–Crippen LogP) is 2.78. The summed E-state index contributed by atoms with van der Waals surface area (Å²) in [6.45, 7) is 4.84. The van der Waals surface area contributed by atoms with E-state index >= 15 is 0 Å². The van der Waals surface area contributed by atoms with Crippen molar-refractivity contribution < 1.29 is 22.8 Å². The van der Waals surface area contributed by atoms with Crippen LogP contribution in [0.5, 0.6) is 5.75 Å². The number of ether oxygens (including phenoxy) is 1. The van der Waals surface area contributed by atoms with Crippen molar-refractivity contribution in [2.75, 3.05) is 26.2 Å². The molecule has 3 rings (SSSR count). The average Bonchev–Trinajstić information content (AvgIpc) is 3.04. The molecule has 0 saturated carbocycles. The van der Waals surface area contributed by atoms with Crippen molar-refractivity contribution >= 4 is 33.2 Å². The van der Waals surface area contributed by atoms with Crippen molar-refractivity contribution in [3.63, 3.8) is 0 Å². The molecule has 1 aromatic heterocycles. The first-order valence-electron chi connectivity index (χ1n) is 9.60. The third kappa shape index (κ3) is 5.87. The number of nitrogens with zero attached hydrogens (tertiary/aromatic N) is 2. The van der Waals surface area contributed by atoms with Crippen molar-refractivity contribution in [2.24, 2.45) is 0 Å². The fourth-order valence-electron chi connectivity index (χ4n) is 3.45. The van der Waals surface area contributed by atoms with Crippen LogP contribution in [0.25, 0.3) is 0 Å². The van der Waals surface area contributed by atoms with Gasteiger partial charge in [0.15, 0.2) is 5.76 Å². The highest BCUT2D eigenvalue weighted by molar-refractivity contribution is 7.89. The lowest BCUT2D eigenvalue weighted by molar-refractivity contribution is 0.0630. The van der Waals surface area contributed by atoms with E-state index in [-0.39, 0.29) is 23.3 Å². The normalized spacial score (nSPS) is 17.2. The van der Waals surface area contributed by atoms with E-state index in [0.29, 0.717) is 28.0 Å². The maximum absolute atomic E-state index is 12.4. The summed E-state index contributed by atoms with van der Waals surface area (Å²) in [4.78, 5) is 2.11. The number of aliphatic hydroxyl groups is 1. The molecule has 2 aromatic rings. The van der Waals surface area contributed by atoms with Crippen molar-refractivity contribution in [2.45, 2.75) is 43.8 Å². The van der Waals surface area contributed by atoms with Crippen molar-refractivity contribution in [3.05, 3.63) is 39.7 Å². The Bertz CT molecular complexity index is 955. The summed E-state index contributed by atoms with van der Waals surface area (Å²) in [7, 11) is -3.79. The van der Waals surface area contributed by atoms with Crippen LogP contribution in [-0.2, 0) is 10.0 Å². The third-order valence-electron chi connectivity index (χ3n) is 4.94. The van der Waals surface area contributed by atoms with E-state index < -0.39 is 16.1 Å². The monoisotopic (exact) mass is 477 g/mol. The zero-order valence-corrected chi connectivity index (χ0v) is 19.1. The number of nitrogens with one attached hydrogen (secondary N) is 1. The highest BCUT2D eigenvalue weighted by Crippen LogP contribution is 2.28. The van der Waals surface area contributed by atoms with Gasteiger partial charge in [-0.1, -0.05) is 28.4 Å². The van der Waals surface area contributed by atoms with Gasteiger partial charge in [0.1, 0.15) is 22.4 Å². The van der Waals surface area contributed by atoms with Crippen LogP contribution in [0.3, 0.4) is 0 Å². The quantitative estimate of drug-likeness (QED) is 0.601. The van der Waals surface area contributed by atoms with Crippen molar-refractivity contribution in [1.29, 1.82) is 0 Å². The number of aryl methyl sites for hydroxylation is 2. The van der Waals surface area contributed by atoms with Crippen molar-refractivity contribution in [3.8, 4) is 5.75 Å². The summed E-state index contributed by atoms with van der Waals surface area (Å²) in [6, 6.07) is 5.19. The van der Waals surface area contributed by atoms with Crippen LogP contribution >= 0.6 is 23.2 Å². The maximum Gasteiger partial charge on any atom is 0.246 e. The van der Waals surface area contributed by atoms with Gasteiger partial charge in [0.25, 0.3) is 0 Å². The number of benzene rings is 1. The number of hydrogen-bond acceptors (Lipinski definition) is 7. The lowest BCUT2D eigenvalue weighted by Crippen LogP contribution is -2.45. The number of aromatic nitrogens is 1. The molecule has 30 heavy (non-hydrogen) atoms. The molecule has 0 radical (unpaired) electrons. The molecular formula is C19H25Cl2N3O5S. The van der Waals surface area contributed by atoms with Crippen LogP contribution in [0.15, 0.2) is 27.6 Å². The Kier molecular flexibility index (Phi) is 7.65. The van der Waals surface area contributed by atoms with Crippen LogP contribution in [0.1, 0.15) is 24.3 Å². The predicted molar refractivity (Wildman–Crippen MR) is 114 cm³/mol. The lowest BCUT2D eigenvalue weighted by atomic mass is 10.1. The van der Waals surface area contributed by atoms with E-state index in [1.807, 2.05) is 0 Å². The molecule has 8 nitrogen and oxygen atoms in total. The van der Waals surface area contributed by atoms with E-state index in [2.05, 4.69) is 14.8 Å². The fourth-order valence-corrected chi connectivity index (χ4v) is 5.14. The standard InChI is InChI=1S/C19H25Cl2N3O5S/c1-12-19(13(2)29-23-12)30(26,27)22-10-14(25)11-24-7-5-15(6-8-24)28-16-3-4-17(20)18(21)9-16/h3-4,9,14-15,22,25H,5-8,10-11H2,1-2H3. The molecule has 1 aromatic carbocycles. The molecule has 1 saturated heterocycles. The number of hydrogen-bond donors (Lipinski definition) is 2. The molecule has 0 amide bonds. The largest absolute Gasteiger partial charge is 0.490 e. The Balaban J connectivity index is 1.44. The van der Waals surface area contributed by atoms with Crippen LogP contribution < -0.4 is 9.46 Å². The minimum atomic E-state index is -3.79. The molecule has 2 heterocycles. The molecule has 0 spiro atoms. The highest BCUT2D eigenvalue weighted by Gasteiger charge is 2.26.